The van der Waals surface area contributed by atoms with Crippen molar-refractivity contribution in [1.82, 2.24) is 14.5 Å². The molecule has 0 saturated heterocycles. The summed E-state index contributed by atoms with van der Waals surface area (Å²) in [6.07, 6.45) is 0.977. The molecule has 5 nitrogen and oxygen atoms in total. The Morgan fingerprint density at radius 2 is 1.51 bits per heavy atom. The Morgan fingerprint density at radius 1 is 0.872 bits per heavy atom. The average Bonchev–Trinajstić information content (AvgIpc) is 2.97. The van der Waals surface area contributed by atoms with E-state index in [4.69, 9.17) is 4.98 Å². The lowest BCUT2D eigenvalue weighted by Crippen LogP contribution is -2.38. The highest BCUT2D eigenvalue weighted by Gasteiger charge is 2.26. The van der Waals surface area contributed by atoms with E-state index in [2.05, 4.69) is 12.1 Å². The quantitative estimate of drug-likeness (QED) is 0.228. The van der Waals surface area contributed by atoms with Gasteiger partial charge in [-0.2, -0.15) is 0 Å². The summed E-state index contributed by atoms with van der Waals surface area (Å²) >= 11 is 0. The molecule has 1 aromatic heterocycles. The number of amides is 1. The van der Waals surface area contributed by atoms with Crippen LogP contribution in [0.15, 0.2) is 108 Å². The largest absolute Gasteiger partial charge is 0.332 e. The van der Waals surface area contributed by atoms with Crippen LogP contribution in [-0.4, -0.2) is 26.9 Å². The molecule has 4 aromatic carbocycles. The van der Waals surface area contributed by atoms with Crippen LogP contribution < -0.4 is 5.56 Å². The van der Waals surface area contributed by atoms with Crippen molar-refractivity contribution in [2.75, 3.05) is 6.54 Å². The number of hydrogen-bond donors (Lipinski definition) is 0. The molecule has 0 aliphatic rings. The first-order valence-corrected chi connectivity index (χ1v) is 13.2. The van der Waals surface area contributed by atoms with Crippen LogP contribution in [0.4, 0.5) is 4.39 Å². The van der Waals surface area contributed by atoms with Crippen LogP contribution in [0.2, 0.25) is 0 Å². The summed E-state index contributed by atoms with van der Waals surface area (Å²) in [7, 11) is 0. The minimum atomic E-state index is -0.497. The third-order valence-electron chi connectivity index (χ3n) is 6.93. The Bertz CT molecular complexity index is 1650. The zero-order valence-electron chi connectivity index (χ0n) is 22.0. The number of carbonyl (C=O) groups excluding carboxylic acids is 1. The zero-order valence-corrected chi connectivity index (χ0v) is 22.0. The summed E-state index contributed by atoms with van der Waals surface area (Å²) in [6.45, 7) is 4.42. The van der Waals surface area contributed by atoms with Crippen LogP contribution in [0, 0.1) is 5.82 Å². The molecule has 0 N–H and O–H groups in total. The fraction of sp³-hybridized carbons (Fsp3) is 0.182. The molecule has 1 amide bonds. The second-order valence-corrected chi connectivity index (χ2v) is 9.61. The Hall–Kier alpha value is -4.58. The zero-order chi connectivity index (χ0) is 27.4. The molecule has 1 atom stereocenters. The lowest BCUT2D eigenvalue weighted by Gasteiger charge is -2.30. The molecule has 6 heteroatoms. The maximum Gasteiger partial charge on any atom is 0.266 e. The molecule has 0 radical (unpaired) electrons. The molecule has 196 valence electrons. The van der Waals surface area contributed by atoms with Gasteiger partial charge in [0.2, 0.25) is 5.91 Å². The second-order valence-electron chi connectivity index (χ2n) is 9.61. The van der Waals surface area contributed by atoms with E-state index in [1.54, 1.807) is 35.2 Å². The van der Waals surface area contributed by atoms with Gasteiger partial charge in [-0.05, 0) is 66.4 Å². The molecule has 0 bridgehead atoms. The monoisotopic (exact) mass is 519 g/mol. The number of fused-ring (bicyclic) bond motifs is 1. The molecule has 0 saturated carbocycles. The van der Waals surface area contributed by atoms with E-state index in [0.717, 1.165) is 23.1 Å². The fourth-order valence-electron chi connectivity index (χ4n) is 4.91. The minimum Gasteiger partial charge on any atom is -0.332 e. The number of aromatic nitrogens is 2. The lowest BCUT2D eigenvalue weighted by molar-refractivity contribution is -0.132. The molecule has 1 unspecified atom stereocenters. The average molecular weight is 520 g/mol. The molecular formula is C33H30FN3O2. The minimum absolute atomic E-state index is 0.0510. The maximum atomic E-state index is 13.7. The maximum absolute atomic E-state index is 13.7. The van der Waals surface area contributed by atoms with Crippen LogP contribution in [-0.2, 0) is 11.2 Å². The van der Waals surface area contributed by atoms with Gasteiger partial charge in [-0.15, -0.1) is 0 Å². The first-order chi connectivity index (χ1) is 19.0. The second kappa shape index (κ2) is 11.4. The van der Waals surface area contributed by atoms with E-state index in [0.29, 0.717) is 29.0 Å². The van der Waals surface area contributed by atoms with Gasteiger partial charge >= 0.3 is 0 Å². The predicted molar refractivity (Wildman–Crippen MR) is 153 cm³/mol. The number of carbonyl (C=O) groups is 1. The molecule has 0 aliphatic carbocycles. The standard InChI is InChI=1S/C33H30FN3O2/c1-3-21-36(31(38)22-24-13-15-26(16-14-24)25-9-5-4-6-10-25)23(2)32-35-30-12-8-7-11-29(30)33(39)37(32)28-19-17-27(34)18-20-28/h4-20,23H,3,21-22H2,1-2H3. The van der Waals surface area contributed by atoms with Crippen LogP contribution in [0.5, 0.6) is 0 Å². The first kappa shape index (κ1) is 26.0. The van der Waals surface area contributed by atoms with Crippen LogP contribution in [0.25, 0.3) is 27.7 Å². The summed E-state index contributed by atoms with van der Waals surface area (Å²) in [4.78, 5) is 34.0. The SMILES string of the molecule is CCCN(C(=O)Cc1ccc(-c2ccccc2)cc1)C(C)c1nc2ccccc2c(=O)n1-c1ccc(F)cc1. The summed E-state index contributed by atoms with van der Waals surface area (Å²) in [5.41, 5.74) is 3.93. The highest BCUT2D eigenvalue weighted by molar-refractivity contribution is 5.80. The number of hydrogen-bond acceptors (Lipinski definition) is 3. The van der Waals surface area contributed by atoms with Gasteiger partial charge in [0.05, 0.1) is 29.1 Å². The van der Waals surface area contributed by atoms with Crippen LogP contribution in [0.3, 0.4) is 0 Å². The van der Waals surface area contributed by atoms with Gasteiger partial charge in [0.25, 0.3) is 5.56 Å². The van der Waals surface area contributed by atoms with Gasteiger partial charge in [-0.3, -0.25) is 14.2 Å². The van der Waals surface area contributed by atoms with Crippen molar-refractivity contribution in [2.24, 2.45) is 0 Å². The summed E-state index contributed by atoms with van der Waals surface area (Å²) in [5, 5.41) is 0.463. The molecule has 5 aromatic rings. The van der Waals surface area contributed by atoms with Crippen LogP contribution >= 0.6 is 0 Å². The van der Waals surface area contributed by atoms with Crippen molar-refractivity contribution in [2.45, 2.75) is 32.7 Å². The van der Waals surface area contributed by atoms with Crippen molar-refractivity contribution in [3.8, 4) is 16.8 Å². The molecule has 39 heavy (non-hydrogen) atoms. The molecule has 0 spiro atoms. The third-order valence-corrected chi connectivity index (χ3v) is 6.93. The number of para-hydroxylation sites is 1. The number of halogens is 1. The van der Waals surface area contributed by atoms with Gasteiger partial charge in [-0.1, -0.05) is 73.7 Å². The molecule has 1 heterocycles. The number of rotatable bonds is 8. The van der Waals surface area contributed by atoms with Crippen molar-refractivity contribution in [1.29, 1.82) is 0 Å². The first-order valence-electron chi connectivity index (χ1n) is 13.2. The van der Waals surface area contributed by atoms with Gasteiger partial charge in [0, 0.05) is 6.54 Å². The fourth-order valence-corrected chi connectivity index (χ4v) is 4.91. The summed E-state index contributed by atoms with van der Waals surface area (Å²) in [6, 6.07) is 30.5. The van der Waals surface area contributed by atoms with Crippen molar-refractivity contribution in [3.05, 3.63) is 131 Å². The predicted octanol–water partition coefficient (Wildman–Crippen LogP) is 6.73. The molecule has 0 fully saturated rings. The van der Waals surface area contributed by atoms with E-state index in [9.17, 15) is 14.0 Å². The Labute approximate surface area is 227 Å². The number of nitrogens with zero attached hydrogens (tertiary/aromatic N) is 3. The molecule has 0 aliphatic heterocycles. The highest BCUT2D eigenvalue weighted by Crippen LogP contribution is 2.25. The van der Waals surface area contributed by atoms with Gasteiger partial charge < -0.3 is 4.90 Å². The Morgan fingerprint density at radius 3 is 2.21 bits per heavy atom. The lowest BCUT2D eigenvalue weighted by atomic mass is 10.0. The summed E-state index contributed by atoms with van der Waals surface area (Å²) in [5.74, 6) is -0.00683. The van der Waals surface area contributed by atoms with Crippen LogP contribution in [0.1, 0.15) is 37.7 Å². The van der Waals surface area contributed by atoms with E-state index in [1.807, 2.05) is 62.4 Å². The third kappa shape index (κ3) is 5.50. The highest BCUT2D eigenvalue weighted by atomic mass is 19.1. The summed E-state index contributed by atoms with van der Waals surface area (Å²) < 4.78 is 15.2. The normalized spacial score (nSPS) is 11.9. The van der Waals surface area contributed by atoms with Crippen molar-refractivity contribution >= 4 is 16.8 Å². The topological polar surface area (TPSA) is 55.2 Å². The van der Waals surface area contributed by atoms with Gasteiger partial charge in [0.15, 0.2) is 0 Å². The van der Waals surface area contributed by atoms with E-state index in [1.165, 1.54) is 16.7 Å². The van der Waals surface area contributed by atoms with E-state index in [-0.39, 0.29) is 17.9 Å². The molecular weight excluding hydrogens is 489 g/mol. The van der Waals surface area contributed by atoms with Crippen molar-refractivity contribution in [3.63, 3.8) is 0 Å². The Balaban J connectivity index is 1.50. The van der Waals surface area contributed by atoms with Gasteiger partial charge in [-0.25, -0.2) is 9.37 Å². The number of benzene rings is 4. The van der Waals surface area contributed by atoms with E-state index >= 15 is 0 Å². The Kier molecular flexibility index (Phi) is 7.64. The molecule has 5 rings (SSSR count). The smallest absolute Gasteiger partial charge is 0.266 e. The van der Waals surface area contributed by atoms with Gasteiger partial charge in [0.1, 0.15) is 11.6 Å². The van der Waals surface area contributed by atoms with Crippen molar-refractivity contribution < 1.29 is 9.18 Å². The van der Waals surface area contributed by atoms with E-state index < -0.39 is 11.9 Å².